The van der Waals surface area contributed by atoms with E-state index >= 15 is 0 Å². The van der Waals surface area contributed by atoms with Crippen molar-refractivity contribution in [2.24, 2.45) is 5.73 Å². The number of ether oxygens (including phenoxy) is 1. The number of hydrogen-bond donors (Lipinski definition) is 3. The van der Waals surface area contributed by atoms with Crippen LogP contribution >= 0.6 is 0 Å². The lowest BCUT2D eigenvalue weighted by atomic mass is 10.0. The van der Waals surface area contributed by atoms with Crippen LogP contribution in [0.5, 0.6) is 5.75 Å². The zero-order chi connectivity index (χ0) is 20.2. The van der Waals surface area contributed by atoms with E-state index in [1.54, 1.807) is 7.11 Å². The lowest BCUT2D eigenvalue weighted by Gasteiger charge is -2.32. The van der Waals surface area contributed by atoms with Gasteiger partial charge in [-0.1, -0.05) is 12.1 Å². The average Bonchev–Trinajstić information content (AvgIpc) is 3.18. The highest BCUT2D eigenvalue weighted by molar-refractivity contribution is 5.98. The van der Waals surface area contributed by atoms with E-state index in [2.05, 4.69) is 34.6 Å². The van der Waals surface area contributed by atoms with Gasteiger partial charge in [0.1, 0.15) is 11.4 Å². The van der Waals surface area contributed by atoms with Crippen molar-refractivity contribution < 1.29 is 9.53 Å². The number of likely N-dealkylation sites (tertiary alicyclic amines) is 1. The Bertz CT molecular complexity index is 972. The number of carbonyl (C=O) groups is 1. The minimum atomic E-state index is 0.0600. The summed E-state index contributed by atoms with van der Waals surface area (Å²) < 4.78 is 5.27. The topological polar surface area (TPSA) is 83.4 Å². The molecule has 1 amide bonds. The van der Waals surface area contributed by atoms with E-state index in [-0.39, 0.29) is 5.91 Å². The maximum Gasteiger partial charge on any atom is 0.270 e. The molecule has 0 aliphatic carbocycles. The first kappa shape index (κ1) is 19.3. The summed E-state index contributed by atoms with van der Waals surface area (Å²) in [4.78, 5) is 18.1. The number of aromatic nitrogens is 1. The number of nitrogens with two attached hydrogens (primary N) is 1. The Labute approximate surface area is 171 Å². The van der Waals surface area contributed by atoms with Crippen LogP contribution in [0.4, 0.5) is 5.69 Å². The van der Waals surface area contributed by atoms with E-state index in [4.69, 9.17) is 10.5 Å². The van der Waals surface area contributed by atoms with Gasteiger partial charge in [-0.25, -0.2) is 0 Å². The molecule has 3 aromatic rings. The maximum absolute atomic E-state index is 12.9. The van der Waals surface area contributed by atoms with Gasteiger partial charge in [0.2, 0.25) is 0 Å². The molecular weight excluding hydrogens is 364 g/mol. The molecule has 6 nitrogen and oxygen atoms in total. The summed E-state index contributed by atoms with van der Waals surface area (Å²) in [5.74, 6) is 0.850. The van der Waals surface area contributed by atoms with Gasteiger partial charge < -0.3 is 25.7 Å². The number of amides is 1. The molecule has 4 N–H and O–H groups in total. The summed E-state index contributed by atoms with van der Waals surface area (Å²) in [6, 6.07) is 16.5. The number of aromatic amines is 1. The SMILES string of the molecule is COc1ccc2[nH]c(C(=O)N3CCC(Nc4ccc(CCN)cc4)CC3)cc2c1. The summed E-state index contributed by atoms with van der Waals surface area (Å²) in [6.07, 6.45) is 2.77. The van der Waals surface area contributed by atoms with Crippen LogP contribution in [0.3, 0.4) is 0 Å². The fraction of sp³-hybridized carbons (Fsp3) is 0.348. The van der Waals surface area contributed by atoms with Gasteiger partial charge >= 0.3 is 0 Å². The van der Waals surface area contributed by atoms with Gasteiger partial charge in [0.25, 0.3) is 5.91 Å². The molecule has 152 valence electrons. The van der Waals surface area contributed by atoms with Crippen LogP contribution in [-0.2, 0) is 6.42 Å². The number of benzene rings is 2. The van der Waals surface area contributed by atoms with E-state index < -0.39 is 0 Å². The highest BCUT2D eigenvalue weighted by Gasteiger charge is 2.24. The molecule has 6 heteroatoms. The zero-order valence-corrected chi connectivity index (χ0v) is 16.8. The van der Waals surface area contributed by atoms with E-state index in [9.17, 15) is 4.79 Å². The molecule has 1 saturated heterocycles. The summed E-state index contributed by atoms with van der Waals surface area (Å²) in [6.45, 7) is 2.17. The number of hydrogen-bond acceptors (Lipinski definition) is 4. The van der Waals surface area contributed by atoms with Crippen LogP contribution in [0.15, 0.2) is 48.5 Å². The van der Waals surface area contributed by atoms with Gasteiger partial charge in [0.05, 0.1) is 7.11 Å². The quantitative estimate of drug-likeness (QED) is 0.600. The number of carbonyl (C=O) groups excluding carboxylic acids is 1. The molecule has 4 rings (SSSR count). The van der Waals surface area contributed by atoms with E-state index in [0.717, 1.165) is 54.7 Å². The second kappa shape index (κ2) is 8.57. The second-order valence-electron chi connectivity index (χ2n) is 7.58. The summed E-state index contributed by atoms with van der Waals surface area (Å²) in [7, 11) is 1.65. The lowest BCUT2D eigenvalue weighted by molar-refractivity contribution is 0.0713. The largest absolute Gasteiger partial charge is 0.497 e. The average molecular weight is 393 g/mol. The molecule has 1 aromatic heterocycles. The van der Waals surface area contributed by atoms with Gasteiger partial charge in [-0.15, -0.1) is 0 Å². The molecule has 2 aromatic carbocycles. The third-order valence-corrected chi connectivity index (χ3v) is 5.60. The van der Waals surface area contributed by atoms with E-state index in [0.29, 0.717) is 18.3 Å². The molecule has 0 spiro atoms. The van der Waals surface area contributed by atoms with Crippen LogP contribution in [0.2, 0.25) is 0 Å². The third kappa shape index (κ3) is 4.38. The Kier molecular flexibility index (Phi) is 5.71. The van der Waals surface area contributed by atoms with Crippen molar-refractivity contribution in [1.82, 2.24) is 9.88 Å². The van der Waals surface area contributed by atoms with Crippen LogP contribution in [0.1, 0.15) is 28.9 Å². The van der Waals surface area contributed by atoms with Gasteiger partial charge in [0, 0.05) is 35.7 Å². The minimum absolute atomic E-state index is 0.0600. The van der Waals surface area contributed by atoms with Crippen molar-refractivity contribution in [3.8, 4) is 5.75 Å². The highest BCUT2D eigenvalue weighted by atomic mass is 16.5. The Hall–Kier alpha value is -2.99. The van der Waals surface area contributed by atoms with E-state index in [1.165, 1.54) is 5.56 Å². The summed E-state index contributed by atoms with van der Waals surface area (Å²) >= 11 is 0. The maximum atomic E-state index is 12.9. The molecule has 1 aliphatic rings. The van der Waals surface area contributed by atoms with E-state index in [1.807, 2.05) is 29.2 Å². The van der Waals surface area contributed by atoms with Crippen LogP contribution in [-0.4, -0.2) is 48.6 Å². The Balaban J connectivity index is 1.34. The molecule has 0 atom stereocenters. The summed E-state index contributed by atoms with van der Waals surface area (Å²) in [5, 5.41) is 4.58. The number of methoxy groups -OCH3 is 1. The first-order chi connectivity index (χ1) is 14.2. The van der Waals surface area contributed by atoms with Crippen molar-refractivity contribution in [3.63, 3.8) is 0 Å². The van der Waals surface area contributed by atoms with Gasteiger partial charge in [-0.2, -0.15) is 0 Å². The molecule has 1 fully saturated rings. The molecule has 0 radical (unpaired) electrons. The fourth-order valence-corrected chi connectivity index (χ4v) is 3.92. The first-order valence-corrected chi connectivity index (χ1v) is 10.2. The highest BCUT2D eigenvalue weighted by Crippen LogP contribution is 2.23. The molecule has 29 heavy (non-hydrogen) atoms. The Morgan fingerprint density at radius 1 is 1.17 bits per heavy atom. The van der Waals surface area contributed by atoms with Crippen LogP contribution < -0.4 is 15.8 Å². The third-order valence-electron chi connectivity index (χ3n) is 5.60. The van der Waals surface area contributed by atoms with Crippen molar-refractivity contribution >= 4 is 22.5 Å². The van der Waals surface area contributed by atoms with Gasteiger partial charge in [0.15, 0.2) is 0 Å². The fourth-order valence-electron chi connectivity index (χ4n) is 3.92. The van der Waals surface area contributed by atoms with Crippen molar-refractivity contribution in [2.75, 3.05) is 32.1 Å². The smallest absolute Gasteiger partial charge is 0.270 e. The molecule has 1 aliphatic heterocycles. The number of anilines is 1. The standard InChI is InChI=1S/C23H28N4O2/c1-29-20-6-7-21-17(14-20)15-22(26-21)23(28)27-12-9-19(10-13-27)25-18-4-2-16(3-5-18)8-11-24/h2-7,14-15,19,25-26H,8-13,24H2,1H3. The lowest BCUT2D eigenvalue weighted by Crippen LogP contribution is -2.42. The predicted octanol–water partition coefficient (Wildman–Crippen LogP) is 3.39. The van der Waals surface area contributed by atoms with Crippen molar-refractivity contribution in [2.45, 2.75) is 25.3 Å². The number of rotatable bonds is 6. The molecule has 0 saturated carbocycles. The Morgan fingerprint density at radius 3 is 2.62 bits per heavy atom. The number of H-pyrrole nitrogens is 1. The number of piperidine rings is 1. The number of nitrogens with zero attached hydrogens (tertiary/aromatic N) is 1. The predicted molar refractivity (Wildman–Crippen MR) is 117 cm³/mol. The second-order valence-corrected chi connectivity index (χ2v) is 7.58. The normalized spacial score (nSPS) is 14.9. The first-order valence-electron chi connectivity index (χ1n) is 10.2. The summed E-state index contributed by atoms with van der Waals surface area (Å²) in [5.41, 5.74) is 9.57. The van der Waals surface area contributed by atoms with Crippen molar-refractivity contribution in [3.05, 3.63) is 59.8 Å². The van der Waals surface area contributed by atoms with Gasteiger partial charge in [-0.3, -0.25) is 4.79 Å². The molecule has 2 heterocycles. The van der Waals surface area contributed by atoms with Crippen LogP contribution in [0, 0.1) is 0 Å². The monoisotopic (exact) mass is 392 g/mol. The van der Waals surface area contributed by atoms with Gasteiger partial charge in [-0.05, 0) is 67.8 Å². The number of nitrogens with one attached hydrogen (secondary N) is 2. The zero-order valence-electron chi connectivity index (χ0n) is 16.8. The molecule has 0 unspecified atom stereocenters. The van der Waals surface area contributed by atoms with Crippen LogP contribution in [0.25, 0.3) is 10.9 Å². The minimum Gasteiger partial charge on any atom is -0.497 e. The molecular formula is C23H28N4O2. The number of fused-ring (bicyclic) bond motifs is 1. The Morgan fingerprint density at radius 2 is 1.93 bits per heavy atom. The molecule has 0 bridgehead atoms. The van der Waals surface area contributed by atoms with Crippen molar-refractivity contribution in [1.29, 1.82) is 0 Å².